The highest BCUT2D eigenvalue weighted by molar-refractivity contribution is 5.91. The molecule has 2 nitrogen and oxygen atoms in total. The van der Waals surface area contributed by atoms with Gasteiger partial charge in [-0.25, -0.2) is 18.0 Å². The standard InChI is InChI=1S/C32H21F3O2/c33-19-9-16(10-20(34)24(19)35)37-29(36)15-7-3-13(4-8-15)12-1-5-14(6-2-12)21-22-23(21)31(22)27-28(31)32(27)25-26(32)30(25)17-11-18(17)30/h1-10,17-18,21-23,25-28H,11H2. The van der Waals surface area contributed by atoms with E-state index in [4.69, 9.17) is 4.74 Å². The first kappa shape index (κ1) is 19.1. The number of benzene rings is 3. The molecule has 8 fully saturated rings. The van der Waals surface area contributed by atoms with Gasteiger partial charge >= 0.3 is 5.97 Å². The third-order valence-electron chi connectivity index (χ3n) is 12.5. The van der Waals surface area contributed by atoms with E-state index in [9.17, 15) is 18.0 Å². The molecule has 5 heteroatoms. The van der Waals surface area contributed by atoms with E-state index in [2.05, 4.69) is 24.3 Å². The molecule has 8 unspecified atom stereocenters. The molecular weight excluding hydrogens is 473 g/mol. The number of carbonyl (C=O) groups is 1. The monoisotopic (exact) mass is 494 g/mol. The van der Waals surface area contributed by atoms with Crippen molar-refractivity contribution in [3.63, 3.8) is 0 Å². The number of fused-ring (bicyclic) bond motifs is 16. The van der Waals surface area contributed by atoms with Crippen LogP contribution in [0.2, 0.25) is 0 Å². The second kappa shape index (κ2) is 5.12. The molecule has 0 saturated heterocycles. The summed E-state index contributed by atoms with van der Waals surface area (Å²) in [7, 11) is 0. The molecule has 3 spiro atoms. The molecule has 0 aromatic heterocycles. The molecule has 182 valence electrons. The van der Waals surface area contributed by atoms with Crippen LogP contribution in [0, 0.1) is 81.0 Å². The Kier molecular flexibility index (Phi) is 2.64. The van der Waals surface area contributed by atoms with Crippen molar-refractivity contribution in [3.8, 4) is 16.9 Å². The highest BCUT2D eigenvalue weighted by Crippen LogP contribution is 3.26. The number of hydrogen-bond acceptors (Lipinski definition) is 2. The summed E-state index contributed by atoms with van der Waals surface area (Å²) in [6.07, 6.45) is 1.58. The van der Waals surface area contributed by atoms with Gasteiger partial charge in [0.25, 0.3) is 0 Å². The molecule has 8 aliphatic rings. The van der Waals surface area contributed by atoms with Gasteiger partial charge in [0.1, 0.15) is 5.75 Å². The molecule has 0 N–H and O–H groups in total. The summed E-state index contributed by atoms with van der Waals surface area (Å²) in [6, 6.07) is 17.1. The first-order valence-corrected chi connectivity index (χ1v) is 13.5. The van der Waals surface area contributed by atoms with Crippen molar-refractivity contribution in [2.75, 3.05) is 0 Å². The second-order valence-corrected chi connectivity index (χ2v) is 13.2. The second-order valence-electron chi connectivity index (χ2n) is 13.2. The number of ether oxygens (including phenoxy) is 1. The lowest BCUT2D eigenvalue weighted by Gasteiger charge is -2.28. The molecule has 8 saturated carbocycles. The van der Waals surface area contributed by atoms with Gasteiger partial charge in [0.05, 0.1) is 5.56 Å². The number of esters is 1. The summed E-state index contributed by atoms with van der Waals surface area (Å²) in [6.45, 7) is 0. The lowest BCUT2D eigenvalue weighted by molar-refractivity contribution is 0.0733. The van der Waals surface area contributed by atoms with Gasteiger partial charge in [0.2, 0.25) is 0 Å². The number of hydrogen-bond donors (Lipinski definition) is 0. The smallest absolute Gasteiger partial charge is 0.343 e. The molecule has 8 aliphatic carbocycles. The van der Waals surface area contributed by atoms with Crippen molar-refractivity contribution in [2.45, 2.75) is 12.3 Å². The number of halogens is 3. The lowest BCUT2D eigenvalue weighted by atomic mass is 9.75. The van der Waals surface area contributed by atoms with Crippen LogP contribution in [0.25, 0.3) is 11.1 Å². The summed E-state index contributed by atoms with van der Waals surface area (Å²) in [4.78, 5) is 12.4. The maximum Gasteiger partial charge on any atom is 0.343 e. The predicted octanol–water partition coefficient (Wildman–Crippen LogP) is 6.46. The van der Waals surface area contributed by atoms with Crippen LogP contribution in [0.4, 0.5) is 13.2 Å². The Labute approximate surface area is 210 Å². The summed E-state index contributed by atoms with van der Waals surface area (Å²) in [5.74, 6) is 4.34. The van der Waals surface area contributed by atoms with Gasteiger partial charge in [0.15, 0.2) is 17.5 Å². The summed E-state index contributed by atoms with van der Waals surface area (Å²) >= 11 is 0. The van der Waals surface area contributed by atoms with Crippen LogP contribution in [0.1, 0.15) is 28.3 Å². The van der Waals surface area contributed by atoms with E-state index in [1.807, 2.05) is 12.1 Å². The maximum absolute atomic E-state index is 13.4. The minimum absolute atomic E-state index is 0.243. The van der Waals surface area contributed by atoms with E-state index < -0.39 is 23.4 Å². The van der Waals surface area contributed by atoms with Crippen molar-refractivity contribution in [1.82, 2.24) is 0 Å². The van der Waals surface area contributed by atoms with Crippen molar-refractivity contribution in [3.05, 3.63) is 89.2 Å². The van der Waals surface area contributed by atoms with Gasteiger partial charge in [-0.2, -0.15) is 0 Å². The highest BCUT2D eigenvalue weighted by atomic mass is 19.2. The molecule has 3 aromatic carbocycles. The fraction of sp³-hybridized carbons (Fsp3) is 0.406. The van der Waals surface area contributed by atoms with Crippen molar-refractivity contribution in [2.24, 2.45) is 63.6 Å². The Morgan fingerprint density at radius 2 is 1.27 bits per heavy atom. The maximum atomic E-state index is 13.4. The molecule has 0 amide bonds. The average molecular weight is 495 g/mol. The SMILES string of the molecule is O=C(Oc1cc(F)c(F)c(F)c1)c1ccc(-c2ccc(C3C4C3C43C4C3C43C4C3C43C4CC43)cc2)cc1. The third kappa shape index (κ3) is 1.78. The van der Waals surface area contributed by atoms with Crippen LogP contribution < -0.4 is 4.74 Å². The minimum atomic E-state index is -1.59. The van der Waals surface area contributed by atoms with E-state index >= 15 is 0 Å². The Morgan fingerprint density at radius 3 is 1.81 bits per heavy atom. The predicted molar refractivity (Wildman–Crippen MR) is 126 cm³/mol. The van der Waals surface area contributed by atoms with Crippen LogP contribution in [-0.2, 0) is 0 Å². The Balaban J connectivity index is 0.748. The van der Waals surface area contributed by atoms with Crippen molar-refractivity contribution in [1.29, 1.82) is 0 Å². The van der Waals surface area contributed by atoms with Gasteiger partial charge in [-0.15, -0.1) is 0 Å². The summed E-state index contributed by atoms with van der Waals surface area (Å²) in [5, 5.41) is 0. The normalized spacial score (nSPS) is 49.5. The highest BCUT2D eigenvalue weighted by Gasteiger charge is 3.23. The zero-order valence-electron chi connectivity index (χ0n) is 19.6. The summed E-state index contributed by atoms with van der Waals surface area (Å²) < 4.78 is 44.9. The number of carbonyl (C=O) groups excluding carboxylic acids is 1. The zero-order chi connectivity index (χ0) is 24.4. The molecule has 0 aliphatic heterocycles. The van der Waals surface area contributed by atoms with Gasteiger partial charge in [0, 0.05) is 12.1 Å². The molecule has 0 bridgehead atoms. The van der Waals surface area contributed by atoms with Crippen LogP contribution >= 0.6 is 0 Å². The molecule has 37 heavy (non-hydrogen) atoms. The van der Waals surface area contributed by atoms with Crippen LogP contribution in [0.5, 0.6) is 5.75 Å². The lowest BCUT2D eigenvalue weighted by Crippen LogP contribution is -2.25. The minimum Gasteiger partial charge on any atom is -0.423 e. The quantitative estimate of drug-likeness (QED) is 0.236. The van der Waals surface area contributed by atoms with Crippen molar-refractivity contribution >= 4 is 5.97 Å². The zero-order valence-corrected chi connectivity index (χ0v) is 19.6. The largest absolute Gasteiger partial charge is 0.423 e. The van der Waals surface area contributed by atoms with E-state index in [0.29, 0.717) is 12.1 Å². The molecule has 3 aromatic rings. The summed E-state index contributed by atoms with van der Waals surface area (Å²) in [5.41, 5.74) is 6.51. The molecule has 0 heterocycles. The van der Waals surface area contributed by atoms with Crippen molar-refractivity contribution < 1.29 is 22.7 Å². The topological polar surface area (TPSA) is 26.3 Å². The van der Waals surface area contributed by atoms with Crippen LogP contribution in [0.15, 0.2) is 60.7 Å². The Hall–Kier alpha value is -3.08. The molecule has 0 radical (unpaired) electrons. The Morgan fingerprint density at radius 1 is 0.730 bits per heavy atom. The fourth-order valence-corrected chi connectivity index (χ4v) is 11.0. The third-order valence-corrected chi connectivity index (χ3v) is 12.5. The van der Waals surface area contributed by atoms with E-state index in [1.54, 1.807) is 18.6 Å². The first-order valence-electron chi connectivity index (χ1n) is 13.5. The number of rotatable bonds is 4. The fourth-order valence-electron chi connectivity index (χ4n) is 11.0. The van der Waals surface area contributed by atoms with Crippen LogP contribution in [-0.4, -0.2) is 5.97 Å². The van der Waals surface area contributed by atoms with Crippen LogP contribution in [0.3, 0.4) is 0 Å². The van der Waals surface area contributed by atoms with E-state index in [1.165, 1.54) is 29.2 Å². The van der Waals surface area contributed by atoms with Gasteiger partial charge in [-0.1, -0.05) is 36.4 Å². The van der Waals surface area contributed by atoms with Gasteiger partial charge in [-0.05, 0) is 105 Å². The van der Waals surface area contributed by atoms with E-state index in [0.717, 1.165) is 57.0 Å². The van der Waals surface area contributed by atoms with Gasteiger partial charge in [-0.3, -0.25) is 0 Å². The first-order chi connectivity index (χ1) is 18.0. The Bertz CT molecular complexity index is 1590. The molecular formula is C32H21F3O2. The molecule has 8 atom stereocenters. The van der Waals surface area contributed by atoms with E-state index in [-0.39, 0.29) is 11.3 Å². The van der Waals surface area contributed by atoms with Gasteiger partial charge < -0.3 is 4.74 Å². The average Bonchev–Trinajstić information content (AvgIpc) is 3.66. The molecule has 11 rings (SSSR count).